The van der Waals surface area contributed by atoms with E-state index in [9.17, 15) is 14.4 Å². The number of carbonyl (C=O) groups is 3. The number of benzene rings is 2. The molecule has 160 valence electrons. The zero-order valence-electron chi connectivity index (χ0n) is 16.9. The van der Waals surface area contributed by atoms with Crippen LogP contribution in [0.5, 0.6) is 0 Å². The standard InChI is InChI=1S/C23H18ClN5O3/c24-16-4-1-14(2-5-16)15-3-6-18-17(11-15)22(31)29-10-9-28(13-20(29)21(30)27-18)23(32)19-12-25-7-8-26-19/h1-8,11-12,20H,9-10,13H2,(H,27,30)/t20-/m0/s1. The summed E-state index contributed by atoms with van der Waals surface area (Å²) >= 11 is 5.98. The molecule has 2 aliphatic heterocycles. The number of nitrogens with zero attached hydrogens (tertiary/aromatic N) is 4. The summed E-state index contributed by atoms with van der Waals surface area (Å²) in [4.78, 5) is 50.2. The third-order valence-corrected chi connectivity index (χ3v) is 5.95. The van der Waals surface area contributed by atoms with Crippen LogP contribution >= 0.6 is 11.6 Å². The average molecular weight is 448 g/mol. The van der Waals surface area contributed by atoms with Crippen molar-refractivity contribution in [2.75, 3.05) is 25.0 Å². The molecule has 5 rings (SSSR count). The molecule has 32 heavy (non-hydrogen) atoms. The summed E-state index contributed by atoms with van der Waals surface area (Å²) in [5.74, 6) is -0.886. The van der Waals surface area contributed by atoms with Crippen LogP contribution < -0.4 is 5.32 Å². The van der Waals surface area contributed by atoms with Gasteiger partial charge in [-0.2, -0.15) is 0 Å². The maximum atomic E-state index is 13.4. The molecule has 9 heteroatoms. The van der Waals surface area contributed by atoms with Crippen molar-refractivity contribution in [2.24, 2.45) is 0 Å². The average Bonchev–Trinajstić information content (AvgIpc) is 2.93. The van der Waals surface area contributed by atoms with Gasteiger partial charge in [-0.25, -0.2) is 4.98 Å². The van der Waals surface area contributed by atoms with Crippen molar-refractivity contribution in [3.8, 4) is 11.1 Å². The molecular formula is C23H18ClN5O3. The van der Waals surface area contributed by atoms with Crippen molar-refractivity contribution in [2.45, 2.75) is 6.04 Å². The Bertz CT molecular complexity index is 1220. The van der Waals surface area contributed by atoms with E-state index in [4.69, 9.17) is 11.6 Å². The van der Waals surface area contributed by atoms with E-state index in [0.717, 1.165) is 11.1 Å². The molecule has 1 saturated heterocycles. The molecule has 0 radical (unpaired) electrons. The Kier molecular flexibility index (Phi) is 5.07. The second-order valence-corrected chi connectivity index (χ2v) is 8.05. The second kappa shape index (κ2) is 8.05. The minimum absolute atomic E-state index is 0.0883. The zero-order chi connectivity index (χ0) is 22.2. The number of fused-ring (bicyclic) bond motifs is 2. The molecule has 2 aliphatic rings. The van der Waals surface area contributed by atoms with Gasteiger partial charge in [0.15, 0.2) is 0 Å². The maximum Gasteiger partial charge on any atom is 0.274 e. The Hall–Kier alpha value is -3.78. The molecule has 1 N–H and O–H groups in total. The van der Waals surface area contributed by atoms with Crippen molar-refractivity contribution >= 4 is 35.0 Å². The highest BCUT2D eigenvalue weighted by Gasteiger charge is 2.40. The molecule has 3 heterocycles. The summed E-state index contributed by atoms with van der Waals surface area (Å²) in [5, 5.41) is 3.48. The highest BCUT2D eigenvalue weighted by atomic mass is 35.5. The third-order valence-electron chi connectivity index (χ3n) is 5.70. The predicted octanol–water partition coefficient (Wildman–Crippen LogP) is 2.72. The molecule has 3 aromatic rings. The van der Waals surface area contributed by atoms with E-state index in [-0.39, 0.29) is 36.5 Å². The highest BCUT2D eigenvalue weighted by molar-refractivity contribution is 6.30. The van der Waals surface area contributed by atoms with Crippen molar-refractivity contribution in [1.82, 2.24) is 19.8 Å². The zero-order valence-corrected chi connectivity index (χ0v) is 17.6. The summed E-state index contributed by atoms with van der Waals surface area (Å²) in [6.45, 7) is 0.635. The quantitative estimate of drug-likeness (QED) is 0.651. The molecule has 1 atom stereocenters. The number of anilines is 1. The van der Waals surface area contributed by atoms with E-state index >= 15 is 0 Å². The Labute approximate surface area is 188 Å². The van der Waals surface area contributed by atoms with Crippen LogP contribution in [0.1, 0.15) is 20.8 Å². The number of amides is 3. The first kappa shape index (κ1) is 20.1. The number of hydrogen-bond donors (Lipinski definition) is 1. The van der Waals surface area contributed by atoms with Gasteiger partial charge in [0.2, 0.25) is 5.91 Å². The van der Waals surface area contributed by atoms with Crippen LogP contribution in [0.15, 0.2) is 61.1 Å². The van der Waals surface area contributed by atoms with E-state index in [1.165, 1.54) is 28.4 Å². The minimum atomic E-state index is -0.789. The minimum Gasteiger partial charge on any atom is -0.333 e. The molecule has 3 amide bonds. The van der Waals surface area contributed by atoms with Gasteiger partial charge >= 0.3 is 0 Å². The molecule has 0 bridgehead atoms. The first-order chi connectivity index (χ1) is 15.5. The van der Waals surface area contributed by atoms with Crippen LogP contribution in [0, 0.1) is 0 Å². The van der Waals surface area contributed by atoms with Crippen LogP contribution in [-0.2, 0) is 4.79 Å². The SMILES string of the molecule is O=C1Nc2ccc(-c3ccc(Cl)cc3)cc2C(=O)N2CCN(C(=O)c3cnccn3)C[C@@H]12. The van der Waals surface area contributed by atoms with Gasteiger partial charge < -0.3 is 15.1 Å². The highest BCUT2D eigenvalue weighted by Crippen LogP contribution is 2.30. The third kappa shape index (κ3) is 3.58. The van der Waals surface area contributed by atoms with Gasteiger partial charge in [0, 0.05) is 30.5 Å². The fourth-order valence-corrected chi connectivity index (χ4v) is 4.16. The first-order valence-electron chi connectivity index (χ1n) is 10.1. The molecule has 1 fully saturated rings. The molecule has 8 nitrogen and oxygen atoms in total. The lowest BCUT2D eigenvalue weighted by Crippen LogP contribution is -2.59. The molecule has 0 aliphatic carbocycles. The smallest absolute Gasteiger partial charge is 0.274 e. The van der Waals surface area contributed by atoms with E-state index in [2.05, 4.69) is 15.3 Å². The van der Waals surface area contributed by atoms with E-state index in [1.807, 2.05) is 18.2 Å². The normalized spacial score (nSPS) is 17.8. The summed E-state index contributed by atoms with van der Waals surface area (Å²) in [6.07, 6.45) is 4.32. The largest absolute Gasteiger partial charge is 0.333 e. The van der Waals surface area contributed by atoms with Gasteiger partial charge in [-0.15, -0.1) is 0 Å². The van der Waals surface area contributed by atoms with Gasteiger partial charge in [-0.3, -0.25) is 19.4 Å². The van der Waals surface area contributed by atoms with Gasteiger partial charge in [0.25, 0.3) is 11.8 Å². The lowest BCUT2D eigenvalue weighted by atomic mass is 10.0. The van der Waals surface area contributed by atoms with Crippen molar-refractivity contribution < 1.29 is 14.4 Å². The Balaban J connectivity index is 1.43. The second-order valence-electron chi connectivity index (χ2n) is 7.61. The number of hydrogen-bond acceptors (Lipinski definition) is 5. The number of carbonyl (C=O) groups excluding carboxylic acids is 3. The Morgan fingerprint density at radius 3 is 2.56 bits per heavy atom. The monoisotopic (exact) mass is 447 g/mol. The number of rotatable bonds is 2. The van der Waals surface area contributed by atoms with Crippen molar-refractivity contribution in [1.29, 1.82) is 0 Å². The summed E-state index contributed by atoms with van der Waals surface area (Å²) < 4.78 is 0. The maximum absolute atomic E-state index is 13.4. The van der Waals surface area contributed by atoms with Crippen LogP contribution in [0.25, 0.3) is 11.1 Å². The van der Waals surface area contributed by atoms with E-state index in [1.54, 1.807) is 24.3 Å². The van der Waals surface area contributed by atoms with Crippen molar-refractivity contribution in [3.05, 3.63) is 77.3 Å². The molecular weight excluding hydrogens is 430 g/mol. The Morgan fingerprint density at radius 2 is 1.81 bits per heavy atom. The van der Waals surface area contributed by atoms with Crippen LogP contribution in [0.4, 0.5) is 5.69 Å². The lowest BCUT2D eigenvalue weighted by Gasteiger charge is -2.39. The molecule has 0 unspecified atom stereocenters. The van der Waals surface area contributed by atoms with Crippen molar-refractivity contribution in [3.63, 3.8) is 0 Å². The predicted molar refractivity (Wildman–Crippen MR) is 118 cm³/mol. The number of halogens is 1. The summed E-state index contributed by atoms with van der Waals surface area (Å²) in [7, 11) is 0. The van der Waals surface area contributed by atoms with E-state index in [0.29, 0.717) is 22.8 Å². The van der Waals surface area contributed by atoms with Gasteiger partial charge in [0.1, 0.15) is 11.7 Å². The van der Waals surface area contributed by atoms with Crippen LogP contribution in [0.2, 0.25) is 5.02 Å². The fourth-order valence-electron chi connectivity index (χ4n) is 4.03. The van der Waals surface area contributed by atoms with Crippen LogP contribution in [0.3, 0.4) is 0 Å². The molecule has 0 spiro atoms. The Morgan fingerprint density at radius 1 is 1.03 bits per heavy atom. The van der Waals surface area contributed by atoms with E-state index < -0.39 is 6.04 Å². The van der Waals surface area contributed by atoms with Gasteiger partial charge in [-0.05, 0) is 35.4 Å². The molecule has 0 saturated carbocycles. The number of aromatic nitrogens is 2. The van der Waals surface area contributed by atoms with Crippen LogP contribution in [-0.4, -0.2) is 63.2 Å². The number of nitrogens with one attached hydrogen (secondary N) is 1. The summed E-state index contributed by atoms with van der Waals surface area (Å²) in [6, 6.07) is 11.9. The summed E-state index contributed by atoms with van der Waals surface area (Å²) in [5.41, 5.74) is 2.84. The topological polar surface area (TPSA) is 95.5 Å². The molecule has 2 aromatic carbocycles. The number of piperazine rings is 1. The van der Waals surface area contributed by atoms with Gasteiger partial charge in [-0.1, -0.05) is 29.8 Å². The first-order valence-corrected chi connectivity index (χ1v) is 10.5. The lowest BCUT2D eigenvalue weighted by molar-refractivity contribution is -0.121. The van der Waals surface area contributed by atoms with Gasteiger partial charge in [0.05, 0.1) is 24.0 Å². The fraction of sp³-hybridized carbons (Fsp3) is 0.174. The molecule has 1 aromatic heterocycles.